The first-order valence-corrected chi connectivity index (χ1v) is 8.43. The van der Waals surface area contributed by atoms with Crippen LogP contribution in [0.5, 0.6) is 0 Å². The molecule has 0 aromatic heterocycles. The Morgan fingerprint density at radius 2 is 1.86 bits per heavy atom. The van der Waals surface area contributed by atoms with Crippen LogP contribution in [0.3, 0.4) is 0 Å². The number of amidine groups is 1. The Morgan fingerprint density at radius 3 is 2.33 bits per heavy atom. The number of allylic oxidation sites excluding steroid dienone is 2. The average molecular weight is 292 g/mol. The van der Waals surface area contributed by atoms with Gasteiger partial charge < -0.3 is 9.38 Å². The van der Waals surface area contributed by atoms with Crippen LogP contribution in [0, 0.1) is 5.41 Å². The molecule has 2 aliphatic heterocycles. The largest absolute Gasteiger partial charge is 0.354 e. The monoisotopic (exact) mass is 292 g/mol. The molecule has 120 valence electrons. The predicted molar refractivity (Wildman–Crippen MR) is 93.5 cm³/mol. The molecule has 0 aliphatic carbocycles. The van der Waals surface area contributed by atoms with E-state index >= 15 is 0 Å². The fraction of sp³-hybridized carbons (Fsp3) is 0.722. The van der Waals surface area contributed by atoms with Crippen LogP contribution in [0.15, 0.2) is 29.4 Å². The molecule has 0 bridgehead atoms. The number of rotatable bonds is 4. The number of likely N-dealkylation sites (tertiary alicyclic amines) is 2. The second-order valence-electron chi connectivity index (χ2n) is 6.77. The summed E-state index contributed by atoms with van der Waals surface area (Å²) < 4.78 is 1.18. The van der Waals surface area contributed by atoms with Gasteiger partial charge >= 0.3 is 0 Å². The minimum atomic E-state index is 0.582. The second-order valence-corrected chi connectivity index (χ2v) is 6.77. The zero-order valence-electron chi connectivity index (χ0n) is 14.9. The summed E-state index contributed by atoms with van der Waals surface area (Å²) in [6.07, 6.45) is 10.6. The van der Waals surface area contributed by atoms with Crippen molar-refractivity contribution in [3.8, 4) is 0 Å². The van der Waals surface area contributed by atoms with Gasteiger partial charge in [-0.25, -0.2) is 4.99 Å². The quantitative estimate of drug-likeness (QED) is 0.438. The Hall–Kier alpha value is -1.09. The SMILES string of the molecule is CC.C\C=C/C(=N\C=C/CCC)N1CC2(C1)C[N+](C)(C)C2. The molecule has 0 atom stereocenters. The van der Waals surface area contributed by atoms with Crippen LogP contribution in [0.25, 0.3) is 0 Å². The lowest BCUT2D eigenvalue weighted by Crippen LogP contribution is -2.77. The lowest BCUT2D eigenvalue weighted by molar-refractivity contribution is -0.952. The highest BCUT2D eigenvalue weighted by Crippen LogP contribution is 2.42. The van der Waals surface area contributed by atoms with Crippen LogP contribution in [0.2, 0.25) is 0 Å². The van der Waals surface area contributed by atoms with Crippen molar-refractivity contribution in [2.24, 2.45) is 10.4 Å². The maximum absolute atomic E-state index is 4.60. The summed E-state index contributed by atoms with van der Waals surface area (Å²) in [5, 5.41) is 0. The van der Waals surface area contributed by atoms with Crippen molar-refractivity contribution in [1.29, 1.82) is 0 Å². The molecule has 0 aromatic carbocycles. The molecule has 1 spiro atoms. The van der Waals surface area contributed by atoms with Gasteiger partial charge in [-0.2, -0.15) is 0 Å². The van der Waals surface area contributed by atoms with Crippen LogP contribution < -0.4 is 0 Å². The van der Waals surface area contributed by atoms with E-state index in [1.807, 2.05) is 20.0 Å². The molecule has 2 saturated heterocycles. The van der Waals surface area contributed by atoms with Crippen molar-refractivity contribution in [3.63, 3.8) is 0 Å². The molecular formula is C18H34N3+. The highest BCUT2D eigenvalue weighted by Gasteiger charge is 2.58. The van der Waals surface area contributed by atoms with E-state index in [0.29, 0.717) is 5.41 Å². The molecular weight excluding hydrogens is 258 g/mol. The molecule has 0 aromatic rings. The molecule has 2 aliphatic rings. The normalized spacial score (nSPS) is 23.0. The summed E-state index contributed by atoms with van der Waals surface area (Å²) in [4.78, 5) is 7.02. The van der Waals surface area contributed by atoms with Gasteiger partial charge in [-0.05, 0) is 19.4 Å². The van der Waals surface area contributed by atoms with E-state index in [1.165, 1.54) is 37.1 Å². The van der Waals surface area contributed by atoms with Crippen molar-refractivity contribution in [1.82, 2.24) is 4.90 Å². The first-order chi connectivity index (χ1) is 10.0. The van der Waals surface area contributed by atoms with Gasteiger partial charge in [0.25, 0.3) is 0 Å². The molecule has 0 N–H and O–H groups in total. The van der Waals surface area contributed by atoms with Crippen LogP contribution in [0.4, 0.5) is 0 Å². The average Bonchev–Trinajstić information content (AvgIpc) is 2.39. The van der Waals surface area contributed by atoms with Crippen molar-refractivity contribution < 1.29 is 4.48 Å². The molecule has 3 heteroatoms. The van der Waals surface area contributed by atoms with Crippen molar-refractivity contribution in [2.75, 3.05) is 40.3 Å². The maximum atomic E-state index is 4.60. The van der Waals surface area contributed by atoms with Gasteiger partial charge in [-0.3, -0.25) is 0 Å². The summed E-state index contributed by atoms with van der Waals surface area (Å²) in [7, 11) is 4.64. The number of aliphatic imine (C=N–C) groups is 1. The molecule has 0 saturated carbocycles. The predicted octanol–water partition coefficient (Wildman–Crippen LogP) is 3.69. The molecule has 3 nitrogen and oxygen atoms in total. The molecule has 2 heterocycles. The van der Waals surface area contributed by atoms with Gasteiger partial charge in [0.1, 0.15) is 11.3 Å². The minimum absolute atomic E-state index is 0.582. The first-order valence-electron chi connectivity index (χ1n) is 8.43. The van der Waals surface area contributed by atoms with Crippen LogP contribution >= 0.6 is 0 Å². The molecule has 2 fully saturated rings. The minimum Gasteiger partial charge on any atom is -0.354 e. The van der Waals surface area contributed by atoms with E-state index < -0.39 is 0 Å². The van der Waals surface area contributed by atoms with E-state index in [9.17, 15) is 0 Å². The third-order valence-electron chi connectivity index (χ3n) is 3.99. The van der Waals surface area contributed by atoms with Crippen molar-refractivity contribution >= 4 is 5.84 Å². The third kappa shape index (κ3) is 4.70. The number of nitrogens with zero attached hydrogens (tertiary/aromatic N) is 3. The molecule has 21 heavy (non-hydrogen) atoms. The number of unbranched alkanes of at least 4 members (excludes halogenated alkanes) is 1. The lowest BCUT2D eigenvalue weighted by atomic mass is 9.71. The summed E-state index contributed by atoms with van der Waals surface area (Å²) in [5.74, 6) is 1.12. The topological polar surface area (TPSA) is 15.6 Å². The van der Waals surface area contributed by atoms with E-state index in [0.717, 1.165) is 12.3 Å². The third-order valence-corrected chi connectivity index (χ3v) is 3.99. The van der Waals surface area contributed by atoms with E-state index in [1.54, 1.807) is 0 Å². The summed E-state index contributed by atoms with van der Waals surface area (Å²) in [6, 6.07) is 0. The Morgan fingerprint density at radius 1 is 1.24 bits per heavy atom. The number of hydrogen-bond acceptors (Lipinski definition) is 1. The molecule has 0 radical (unpaired) electrons. The zero-order valence-corrected chi connectivity index (χ0v) is 14.9. The summed E-state index contributed by atoms with van der Waals surface area (Å²) in [5.41, 5.74) is 0.582. The second kappa shape index (κ2) is 7.79. The molecule has 0 unspecified atom stereocenters. The summed E-state index contributed by atoms with van der Waals surface area (Å²) >= 11 is 0. The Labute approximate surface area is 131 Å². The van der Waals surface area contributed by atoms with Gasteiger partial charge in [0.15, 0.2) is 0 Å². The Bertz CT molecular complexity index is 389. The van der Waals surface area contributed by atoms with E-state index in [2.05, 4.69) is 56.1 Å². The van der Waals surface area contributed by atoms with E-state index in [-0.39, 0.29) is 0 Å². The Balaban J connectivity index is 0.00000106. The number of hydrogen-bond donors (Lipinski definition) is 0. The summed E-state index contributed by atoms with van der Waals surface area (Å²) in [6.45, 7) is 13.2. The van der Waals surface area contributed by atoms with Crippen LogP contribution in [-0.4, -0.2) is 55.5 Å². The zero-order chi connectivity index (χ0) is 15.9. The van der Waals surface area contributed by atoms with Crippen LogP contribution in [0.1, 0.15) is 40.5 Å². The van der Waals surface area contributed by atoms with E-state index in [4.69, 9.17) is 0 Å². The smallest absolute Gasteiger partial charge is 0.128 e. The molecule has 2 rings (SSSR count). The molecule has 0 amide bonds. The van der Waals surface area contributed by atoms with Crippen LogP contribution in [-0.2, 0) is 0 Å². The van der Waals surface area contributed by atoms with Crippen molar-refractivity contribution in [2.45, 2.75) is 40.5 Å². The lowest BCUT2D eigenvalue weighted by Gasteiger charge is -2.62. The van der Waals surface area contributed by atoms with Gasteiger partial charge in [-0.1, -0.05) is 39.3 Å². The van der Waals surface area contributed by atoms with Crippen molar-refractivity contribution in [3.05, 3.63) is 24.4 Å². The fourth-order valence-corrected chi connectivity index (χ4v) is 3.64. The fourth-order valence-electron chi connectivity index (χ4n) is 3.64. The highest BCUT2D eigenvalue weighted by molar-refractivity contribution is 5.94. The van der Waals surface area contributed by atoms with Gasteiger partial charge in [0.2, 0.25) is 0 Å². The highest BCUT2D eigenvalue weighted by atomic mass is 15.4. The Kier molecular flexibility index (Phi) is 6.66. The van der Waals surface area contributed by atoms with Gasteiger partial charge in [0.05, 0.1) is 27.2 Å². The van der Waals surface area contributed by atoms with Gasteiger partial charge in [0, 0.05) is 19.3 Å². The number of quaternary nitrogens is 1. The maximum Gasteiger partial charge on any atom is 0.128 e. The van der Waals surface area contributed by atoms with Gasteiger partial charge in [-0.15, -0.1) is 0 Å². The first kappa shape index (κ1) is 18.0. The standard InChI is InChI=1S/C16H28N3.C2H6/c1-5-7-8-10-17-15(9-6-2)18-11-16(12-18)13-19(3,4)14-16;1-2/h6,8-10H,5,7,11-14H2,1-4H3;1-2H3/q+1;/b9-6-,10-8-,17-15+;.